The van der Waals surface area contributed by atoms with Crippen molar-refractivity contribution in [2.24, 2.45) is 0 Å². The maximum Gasteiger partial charge on any atom is 0.336 e. The molecule has 2 aliphatic heterocycles. The highest BCUT2D eigenvalue weighted by atomic mass is 79.9. The van der Waals surface area contributed by atoms with Gasteiger partial charge in [0, 0.05) is 22.5 Å². The summed E-state index contributed by atoms with van der Waals surface area (Å²) in [6, 6.07) is 3.62. The van der Waals surface area contributed by atoms with Crippen molar-refractivity contribution in [3.05, 3.63) is 33.4 Å². The van der Waals surface area contributed by atoms with Crippen LogP contribution in [0.1, 0.15) is 45.1 Å². The summed E-state index contributed by atoms with van der Waals surface area (Å²) < 4.78 is 17.1. The molecule has 1 aromatic rings. The molecule has 2 heterocycles. The summed E-state index contributed by atoms with van der Waals surface area (Å²) in [4.78, 5) is 24.8. The summed E-state index contributed by atoms with van der Waals surface area (Å²) in [6.45, 7) is 5.68. The molecule has 7 heteroatoms. The average molecular weight is 410 g/mol. The molecule has 1 amide bonds. The zero-order valence-electron chi connectivity index (χ0n) is 14.3. The Labute approximate surface area is 154 Å². The molecular weight excluding hydrogens is 390 g/mol. The minimum Gasteiger partial charge on any atom is -0.459 e. The van der Waals surface area contributed by atoms with Gasteiger partial charge in [-0.1, -0.05) is 22.9 Å². The van der Waals surface area contributed by atoms with Crippen molar-refractivity contribution >= 4 is 27.8 Å². The van der Waals surface area contributed by atoms with Gasteiger partial charge in [-0.05, 0) is 38.0 Å². The Kier molecular flexibility index (Phi) is 5.03. The van der Waals surface area contributed by atoms with Gasteiger partial charge in [-0.25, -0.2) is 4.79 Å². The third kappa shape index (κ3) is 3.51. The molecule has 0 aliphatic carbocycles. The molecule has 0 spiro atoms. The molecule has 2 aliphatic rings. The molecule has 0 saturated carbocycles. The minimum absolute atomic E-state index is 0.132. The Bertz CT molecular complexity index is 758. The van der Waals surface area contributed by atoms with Gasteiger partial charge >= 0.3 is 5.97 Å². The van der Waals surface area contributed by atoms with E-state index in [1.165, 1.54) is 0 Å². The van der Waals surface area contributed by atoms with E-state index in [2.05, 4.69) is 21.2 Å². The smallest absolute Gasteiger partial charge is 0.336 e. The lowest BCUT2D eigenvalue weighted by atomic mass is 9.84. The zero-order valence-corrected chi connectivity index (χ0v) is 15.9. The number of carbonyl (C=O) groups excluding carboxylic acids is 2. The third-order valence-electron chi connectivity index (χ3n) is 4.44. The Morgan fingerprint density at radius 2 is 2.08 bits per heavy atom. The molecule has 25 heavy (non-hydrogen) atoms. The Morgan fingerprint density at radius 3 is 2.76 bits per heavy atom. The fraction of sp³-hybridized carbons (Fsp3) is 0.444. The van der Waals surface area contributed by atoms with Crippen molar-refractivity contribution in [3.8, 4) is 11.5 Å². The van der Waals surface area contributed by atoms with Crippen LogP contribution in [-0.2, 0) is 14.3 Å². The molecule has 1 aromatic carbocycles. The van der Waals surface area contributed by atoms with Crippen LogP contribution >= 0.6 is 15.9 Å². The van der Waals surface area contributed by atoms with Crippen molar-refractivity contribution in [2.75, 3.05) is 6.79 Å². The molecule has 0 radical (unpaired) electrons. The fourth-order valence-corrected chi connectivity index (χ4v) is 3.57. The number of fused-ring (bicyclic) bond motifs is 1. The van der Waals surface area contributed by atoms with Crippen molar-refractivity contribution in [2.45, 2.75) is 45.6 Å². The summed E-state index contributed by atoms with van der Waals surface area (Å²) in [5, 5.41) is 2.74. The number of allylic oxidation sites excluding steroid dienone is 1. The number of esters is 1. The second kappa shape index (κ2) is 7.07. The number of carbonyl (C=O) groups is 2. The van der Waals surface area contributed by atoms with E-state index >= 15 is 0 Å². The highest BCUT2D eigenvalue weighted by molar-refractivity contribution is 9.10. The maximum absolute atomic E-state index is 12.7. The van der Waals surface area contributed by atoms with E-state index in [-0.39, 0.29) is 25.2 Å². The maximum atomic E-state index is 12.7. The van der Waals surface area contributed by atoms with Crippen LogP contribution in [0.5, 0.6) is 11.5 Å². The van der Waals surface area contributed by atoms with Crippen LogP contribution in [-0.4, -0.2) is 24.8 Å². The summed E-state index contributed by atoms with van der Waals surface area (Å²) in [5.74, 6) is 0.305. The van der Waals surface area contributed by atoms with Crippen LogP contribution in [0.3, 0.4) is 0 Å². The molecule has 0 unspecified atom stereocenters. The molecule has 0 bridgehead atoms. The number of halogens is 1. The van der Waals surface area contributed by atoms with Crippen LogP contribution < -0.4 is 14.8 Å². The van der Waals surface area contributed by atoms with Gasteiger partial charge in [0.2, 0.25) is 12.7 Å². The molecular formula is C18H20BrNO5. The van der Waals surface area contributed by atoms with E-state index in [9.17, 15) is 9.59 Å². The van der Waals surface area contributed by atoms with Gasteiger partial charge in [-0.2, -0.15) is 0 Å². The second-order valence-electron chi connectivity index (χ2n) is 6.19. The number of nitrogens with one attached hydrogen (secondary N) is 1. The van der Waals surface area contributed by atoms with E-state index in [0.717, 1.165) is 16.5 Å². The number of ether oxygens (including phenoxy) is 3. The molecule has 0 aromatic heterocycles. The van der Waals surface area contributed by atoms with E-state index < -0.39 is 11.9 Å². The minimum atomic E-state index is -0.408. The number of hydrogen-bond acceptors (Lipinski definition) is 5. The lowest BCUT2D eigenvalue weighted by molar-refractivity contribution is -0.144. The molecule has 3 rings (SSSR count). The second-order valence-corrected chi connectivity index (χ2v) is 7.05. The summed E-state index contributed by atoms with van der Waals surface area (Å²) in [6.07, 6.45) is 0.704. The summed E-state index contributed by atoms with van der Waals surface area (Å²) in [7, 11) is 0. The van der Waals surface area contributed by atoms with Gasteiger partial charge < -0.3 is 19.5 Å². The molecule has 2 atom stereocenters. The van der Waals surface area contributed by atoms with Crippen LogP contribution in [0, 0.1) is 0 Å². The first-order valence-electron chi connectivity index (χ1n) is 8.21. The van der Waals surface area contributed by atoms with Gasteiger partial charge in [-0.15, -0.1) is 0 Å². The van der Waals surface area contributed by atoms with Crippen molar-refractivity contribution in [1.29, 1.82) is 0 Å². The molecule has 0 fully saturated rings. The first-order valence-corrected chi connectivity index (χ1v) is 9.00. The number of rotatable bonds is 4. The van der Waals surface area contributed by atoms with Gasteiger partial charge in [0.05, 0.1) is 11.7 Å². The normalized spacial score (nSPS) is 20.3. The van der Waals surface area contributed by atoms with Crippen molar-refractivity contribution in [3.63, 3.8) is 0 Å². The summed E-state index contributed by atoms with van der Waals surface area (Å²) >= 11 is 3.52. The predicted molar refractivity (Wildman–Crippen MR) is 94.3 cm³/mol. The predicted octanol–water partition coefficient (Wildman–Crippen LogP) is 3.40. The van der Waals surface area contributed by atoms with Crippen molar-refractivity contribution < 1.29 is 23.8 Å². The largest absolute Gasteiger partial charge is 0.459 e. The van der Waals surface area contributed by atoms with E-state index in [0.29, 0.717) is 22.8 Å². The number of amides is 1. The van der Waals surface area contributed by atoms with Crippen LogP contribution in [0.15, 0.2) is 27.9 Å². The number of hydrogen-bond donors (Lipinski definition) is 1. The van der Waals surface area contributed by atoms with Gasteiger partial charge in [-0.3, -0.25) is 4.79 Å². The monoisotopic (exact) mass is 409 g/mol. The average Bonchev–Trinajstić information content (AvgIpc) is 2.99. The lowest BCUT2D eigenvalue weighted by Gasteiger charge is -2.28. The topological polar surface area (TPSA) is 73.9 Å². The zero-order chi connectivity index (χ0) is 18.1. The fourth-order valence-electron chi connectivity index (χ4n) is 2.97. The Morgan fingerprint density at radius 1 is 1.40 bits per heavy atom. The SMILES string of the molecule is CC[C@@H](C)OC(=O)C1=C(C)NC(=O)C[C@@H]1c1cc2c(cc1Br)OCO2. The molecule has 0 saturated heterocycles. The first-order chi connectivity index (χ1) is 11.9. The third-order valence-corrected chi connectivity index (χ3v) is 5.13. The Balaban J connectivity index is 2.02. The van der Waals surface area contributed by atoms with Crippen molar-refractivity contribution in [1.82, 2.24) is 5.32 Å². The van der Waals surface area contributed by atoms with E-state index in [4.69, 9.17) is 14.2 Å². The van der Waals surface area contributed by atoms with Gasteiger partial charge in [0.1, 0.15) is 0 Å². The highest BCUT2D eigenvalue weighted by Crippen LogP contribution is 2.43. The van der Waals surface area contributed by atoms with Gasteiger partial charge in [0.15, 0.2) is 11.5 Å². The molecule has 134 valence electrons. The highest BCUT2D eigenvalue weighted by Gasteiger charge is 2.35. The van der Waals surface area contributed by atoms with Gasteiger partial charge in [0.25, 0.3) is 0 Å². The Hall–Kier alpha value is -2.02. The van der Waals surface area contributed by atoms with E-state index in [1.807, 2.05) is 19.9 Å². The van der Waals surface area contributed by atoms with Crippen LogP contribution in [0.25, 0.3) is 0 Å². The van der Waals surface area contributed by atoms with E-state index in [1.54, 1.807) is 13.0 Å². The van der Waals surface area contributed by atoms with Crippen LogP contribution in [0.4, 0.5) is 0 Å². The quantitative estimate of drug-likeness (QED) is 0.771. The molecule has 1 N–H and O–H groups in total. The molecule has 6 nitrogen and oxygen atoms in total. The van der Waals surface area contributed by atoms with Crippen LogP contribution in [0.2, 0.25) is 0 Å². The standard InChI is InChI=1S/C18H20BrNO5/c1-4-9(2)25-18(22)17-10(3)20-16(21)6-12(17)11-5-14-15(7-13(11)19)24-8-23-14/h5,7,9,12H,4,6,8H2,1-3H3,(H,20,21)/t9-,12-/m1/s1. The number of benzene rings is 1. The lowest BCUT2D eigenvalue weighted by Crippen LogP contribution is -2.35. The first kappa shape index (κ1) is 17.8. The summed E-state index contributed by atoms with van der Waals surface area (Å²) in [5.41, 5.74) is 1.80.